The van der Waals surface area contributed by atoms with Crippen molar-refractivity contribution in [2.45, 2.75) is 18.2 Å². The predicted molar refractivity (Wildman–Crippen MR) is 66.5 cm³/mol. The van der Waals surface area contributed by atoms with E-state index in [9.17, 15) is 0 Å². The zero-order valence-corrected chi connectivity index (χ0v) is 10.8. The van der Waals surface area contributed by atoms with Gasteiger partial charge < -0.3 is 0 Å². The summed E-state index contributed by atoms with van der Waals surface area (Å²) in [6, 6.07) is 5.99. The van der Waals surface area contributed by atoms with Crippen molar-refractivity contribution in [1.29, 1.82) is 0 Å². The van der Waals surface area contributed by atoms with E-state index >= 15 is 0 Å². The van der Waals surface area contributed by atoms with Gasteiger partial charge in [-0.3, -0.25) is 4.98 Å². The van der Waals surface area contributed by atoms with Gasteiger partial charge in [-0.05, 0) is 19.1 Å². The smallest absolute Gasteiger partial charge is 0.0897 e. The SMILES string of the molecule is Cc1ncc(C(Br)Cc2ccccn2)s1. The highest BCUT2D eigenvalue weighted by Crippen LogP contribution is 2.30. The highest BCUT2D eigenvalue weighted by molar-refractivity contribution is 9.09. The van der Waals surface area contributed by atoms with Crippen LogP contribution in [0.4, 0.5) is 0 Å². The van der Waals surface area contributed by atoms with Gasteiger partial charge in [-0.25, -0.2) is 4.98 Å². The molecule has 1 atom stereocenters. The summed E-state index contributed by atoms with van der Waals surface area (Å²) >= 11 is 5.40. The van der Waals surface area contributed by atoms with E-state index in [2.05, 4.69) is 25.9 Å². The van der Waals surface area contributed by atoms with Crippen LogP contribution in [0.2, 0.25) is 0 Å². The Balaban J connectivity index is 2.07. The fourth-order valence-corrected chi connectivity index (χ4v) is 2.82. The lowest BCUT2D eigenvalue weighted by molar-refractivity contribution is 0.917. The second-order valence-corrected chi connectivity index (χ2v) is 5.65. The Bertz CT molecular complexity index is 427. The summed E-state index contributed by atoms with van der Waals surface area (Å²) in [5, 5.41) is 1.11. The van der Waals surface area contributed by atoms with E-state index in [4.69, 9.17) is 0 Å². The van der Waals surface area contributed by atoms with E-state index in [1.807, 2.05) is 37.5 Å². The molecule has 0 saturated heterocycles. The molecule has 0 aliphatic rings. The molecule has 1 unspecified atom stereocenters. The van der Waals surface area contributed by atoms with Crippen molar-refractivity contribution >= 4 is 27.3 Å². The highest BCUT2D eigenvalue weighted by Gasteiger charge is 2.11. The molecule has 2 aromatic rings. The van der Waals surface area contributed by atoms with Crippen LogP contribution in [-0.2, 0) is 6.42 Å². The number of halogens is 1. The number of alkyl halides is 1. The molecule has 0 fully saturated rings. The maximum Gasteiger partial charge on any atom is 0.0897 e. The molecule has 2 nitrogen and oxygen atoms in total. The van der Waals surface area contributed by atoms with Crippen molar-refractivity contribution in [3.8, 4) is 0 Å². The van der Waals surface area contributed by atoms with Crippen molar-refractivity contribution < 1.29 is 0 Å². The molecule has 4 heteroatoms. The average Bonchev–Trinajstić information content (AvgIpc) is 2.66. The van der Waals surface area contributed by atoms with Gasteiger partial charge in [0.05, 0.1) is 9.83 Å². The molecule has 0 bridgehead atoms. The van der Waals surface area contributed by atoms with Gasteiger partial charge >= 0.3 is 0 Å². The van der Waals surface area contributed by atoms with Crippen LogP contribution >= 0.6 is 27.3 Å². The standard InChI is InChI=1S/C11H11BrN2S/c1-8-14-7-11(15-8)10(12)6-9-4-2-3-5-13-9/h2-5,7,10H,6H2,1H3. The average molecular weight is 283 g/mol. The quantitative estimate of drug-likeness (QED) is 0.805. The van der Waals surface area contributed by atoms with Crippen LogP contribution in [0, 0.1) is 6.92 Å². The fraction of sp³-hybridized carbons (Fsp3) is 0.273. The van der Waals surface area contributed by atoms with Crippen LogP contribution in [0.1, 0.15) is 20.4 Å². The van der Waals surface area contributed by atoms with Crippen LogP contribution in [0.3, 0.4) is 0 Å². The second kappa shape index (κ2) is 4.86. The van der Waals surface area contributed by atoms with Crippen molar-refractivity contribution in [2.24, 2.45) is 0 Å². The topological polar surface area (TPSA) is 25.8 Å². The lowest BCUT2D eigenvalue weighted by Gasteiger charge is -2.05. The molecule has 2 rings (SSSR count). The molecule has 0 aliphatic carbocycles. The molecule has 0 aromatic carbocycles. The molecule has 0 saturated carbocycles. The van der Waals surface area contributed by atoms with Gasteiger partial charge in [-0.15, -0.1) is 11.3 Å². The summed E-state index contributed by atoms with van der Waals surface area (Å²) < 4.78 is 0. The van der Waals surface area contributed by atoms with Crippen LogP contribution in [0.15, 0.2) is 30.6 Å². The molecule has 0 radical (unpaired) electrons. The van der Waals surface area contributed by atoms with E-state index in [0.29, 0.717) is 4.83 Å². The van der Waals surface area contributed by atoms with Gasteiger partial charge in [0.25, 0.3) is 0 Å². The highest BCUT2D eigenvalue weighted by atomic mass is 79.9. The number of rotatable bonds is 3. The maximum absolute atomic E-state index is 4.31. The second-order valence-electron chi connectivity index (χ2n) is 3.27. The van der Waals surface area contributed by atoms with Gasteiger partial charge in [0, 0.05) is 29.4 Å². The Morgan fingerprint density at radius 2 is 2.27 bits per heavy atom. The molecule has 15 heavy (non-hydrogen) atoms. The van der Waals surface area contributed by atoms with Gasteiger partial charge in [0.1, 0.15) is 0 Å². The maximum atomic E-state index is 4.31. The Kier molecular flexibility index (Phi) is 3.49. The van der Waals surface area contributed by atoms with Gasteiger partial charge in [0.15, 0.2) is 0 Å². The van der Waals surface area contributed by atoms with Gasteiger partial charge in [-0.1, -0.05) is 22.0 Å². The third-order valence-electron chi connectivity index (χ3n) is 2.06. The molecule has 0 aliphatic heterocycles. The largest absolute Gasteiger partial charge is 0.261 e. The Morgan fingerprint density at radius 1 is 1.40 bits per heavy atom. The first kappa shape index (κ1) is 10.8. The van der Waals surface area contributed by atoms with Crippen LogP contribution in [0.5, 0.6) is 0 Å². The summed E-state index contributed by atoms with van der Waals surface area (Å²) in [6.45, 7) is 2.02. The van der Waals surface area contributed by atoms with Crippen molar-refractivity contribution in [3.05, 3.63) is 46.2 Å². The predicted octanol–water partition coefficient (Wildman–Crippen LogP) is 3.53. The molecule has 0 amide bonds. The first-order valence-electron chi connectivity index (χ1n) is 4.72. The number of aromatic nitrogens is 2. The Hall–Kier alpha value is -0.740. The normalized spacial score (nSPS) is 12.7. The number of hydrogen-bond acceptors (Lipinski definition) is 3. The number of aryl methyl sites for hydroxylation is 1. The molecular formula is C11H11BrN2S. The van der Waals surface area contributed by atoms with Crippen LogP contribution in [-0.4, -0.2) is 9.97 Å². The van der Waals surface area contributed by atoms with Gasteiger partial charge in [-0.2, -0.15) is 0 Å². The molecular weight excluding hydrogens is 272 g/mol. The molecule has 2 aromatic heterocycles. The third-order valence-corrected chi connectivity index (χ3v) is 4.21. The van der Waals surface area contributed by atoms with Gasteiger partial charge in [0.2, 0.25) is 0 Å². The Morgan fingerprint density at radius 3 is 2.87 bits per heavy atom. The lowest BCUT2D eigenvalue weighted by Crippen LogP contribution is -1.95. The fourth-order valence-electron chi connectivity index (χ4n) is 1.33. The van der Waals surface area contributed by atoms with Crippen molar-refractivity contribution in [2.75, 3.05) is 0 Å². The summed E-state index contributed by atoms with van der Waals surface area (Å²) in [4.78, 5) is 10.1. The van der Waals surface area contributed by atoms with Crippen molar-refractivity contribution in [1.82, 2.24) is 9.97 Å². The number of pyridine rings is 1. The summed E-state index contributed by atoms with van der Waals surface area (Å²) in [5.74, 6) is 0. The van der Waals surface area contributed by atoms with E-state index in [0.717, 1.165) is 17.1 Å². The van der Waals surface area contributed by atoms with E-state index in [1.165, 1.54) is 4.88 Å². The minimum Gasteiger partial charge on any atom is -0.261 e. The zero-order chi connectivity index (χ0) is 10.7. The van der Waals surface area contributed by atoms with E-state index < -0.39 is 0 Å². The first-order valence-corrected chi connectivity index (χ1v) is 6.45. The lowest BCUT2D eigenvalue weighted by atomic mass is 10.2. The minimum atomic E-state index is 0.318. The van der Waals surface area contributed by atoms with E-state index in [-0.39, 0.29) is 0 Å². The summed E-state index contributed by atoms with van der Waals surface area (Å²) in [7, 11) is 0. The molecule has 78 valence electrons. The number of hydrogen-bond donors (Lipinski definition) is 0. The van der Waals surface area contributed by atoms with Crippen LogP contribution in [0.25, 0.3) is 0 Å². The van der Waals surface area contributed by atoms with Crippen LogP contribution < -0.4 is 0 Å². The first-order chi connectivity index (χ1) is 7.25. The summed E-state index contributed by atoms with van der Waals surface area (Å²) in [5.41, 5.74) is 1.10. The summed E-state index contributed by atoms with van der Waals surface area (Å²) in [6.07, 6.45) is 4.66. The van der Waals surface area contributed by atoms with E-state index in [1.54, 1.807) is 11.3 Å². The molecule has 2 heterocycles. The number of nitrogens with zero attached hydrogens (tertiary/aromatic N) is 2. The monoisotopic (exact) mass is 282 g/mol. The Labute approximate surface area is 102 Å². The zero-order valence-electron chi connectivity index (χ0n) is 8.35. The minimum absolute atomic E-state index is 0.318. The molecule has 0 N–H and O–H groups in total. The van der Waals surface area contributed by atoms with Crippen molar-refractivity contribution in [3.63, 3.8) is 0 Å². The molecule has 0 spiro atoms. The third kappa shape index (κ3) is 2.86. The number of thiazole rings is 1.